The van der Waals surface area contributed by atoms with Crippen molar-refractivity contribution in [3.63, 3.8) is 0 Å². The number of rotatable bonds is 7. The maximum absolute atomic E-state index is 14.2. The number of anilines is 1. The van der Waals surface area contributed by atoms with Crippen LogP contribution in [0.2, 0.25) is 0 Å². The summed E-state index contributed by atoms with van der Waals surface area (Å²) in [4.78, 5) is 34.6. The highest BCUT2D eigenvalue weighted by Crippen LogP contribution is 2.30. The van der Waals surface area contributed by atoms with Gasteiger partial charge in [-0.2, -0.15) is 0 Å². The van der Waals surface area contributed by atoms with Gasteiger partial charge in [-0.05, 0) is 42.6 Å². The Kier molecular flexibility index (Phi) is 7.87. The number of pyridine rings is 1. The monoisotopic (exact) mass is 481 g/mol. The molecular formula is C25H28FN5O2S. The molecule has 0 bridgehead atoms. The number of piperazine rings is 1. The predicted octanol–water partition coefficient (Wildman–Crippen LogP) is 2.97. The molecule has 2 N–H and O–H groups in total. The number of hydrogen-bond acceptors (Lipinski definition) is 6. The van der Waals surface area contributed by atoms with Crippen molar-refractivity contribution >= 4 is 28.8 Å². The van der Waals surface area contributed by atoms with Crippen molar-refractivity contribution in [3.8, 4) is 0 Å². The van der Waals surface area contributed by atoms with Gasteiger partial charge in [-0.15, -0.1) is 11.3 Å². The molecule has 2 atom stereocenters. The van der Waals surface area contributed by atoms with E-state index in [1.807, 2.05) is 41.5 Å². The van der Waals surface area contributed by atoms with E-state index in [0.29, 0.717) is 37.6 Å². The van der Waals surface area contributed by atoms with Gasteiger partial charge in [0.2, 0.25) is 0 Å². The Balaban J connectivity index is 1.38. The number of thiophene rings is 1. The molecule has 1 aliphatic rings. The quantitative estimate of drug-likeness (QED) is 0.508. The molecule has 9 heteroatoms. The lowest BCUT2D eigenvalue weighted by molar-refractivity contribution is -0.140. The Morgan fingerprint density at radius 3 is 2.47 bits per heavy atom. The van der Waals surface area contributed by atoms with Gasteiger partial charge in [0, 0.05) is 43.3 Å². The third-order valence-electron chi connectivity index (χ3n) is 5.93. The minimum Gasteiger partial charge on any atom is -0.367 e. The Labute approximate surface area is 202 Å². The molecule has 0 spiro atoms. The number of halogens is 1. The molecule has 2 aromatic heterocycles. The van der Waals surface area contributed by atoms with Gasteiger partial charge in [0.05, 0.1) is 24.0 Å². The highest BCUT2D eigenvalue weighted by Gasteiger charge is 2.32. The topological polar surface area (TPSA) is 77.6 Å². The number of carbonyl (C=O) groups excluding carboxylic acids is 2. The molecule has 4 rings (SSSR count). The van der Waals surface area contributed by atoms with Crippen LogP contribution in [0.4, 0.5) is 10.1 Å². The Morgan fingerprint density at radius 1 is 1.03 bits per heavy atom. The first-order valence-corrected chi connectivity index (χ1v) is 12.2. The Hall–Kier alpha value is -3.30. The second-order valence-electron chi connectivity index (χ2n) is 8.20. The van der Waals surface area contributed by atoms with E-state index < -0.39 is 11.8 Å². The van der Waals surface area contributed by atoms with Crippen molar-refractivity contribution < 1.29 is 14.0 Å². The molecule has 178 valence electrons. The van der Waals surface area contributed by atoms with Gasteiger partial charge in [0.15, 0.2) is 0 Å². The molecule has 2 amide bonds. The van der Waals surface area contributed by atoms with Crippen LogP contribution in [-0.2, 0) is 16.1 Å². The van der Waals surface area contributed by atoms with Crippen LogP contribution in [0.15, 0.2) is 66.2 Å². The molecule has 1 aliphatic heterocycles. The molecule has 3 aromatic rings. The van der Waals surface area contributed by atoms with Crippen molar-refractivity contribution in [2.75, 3.05) is 31.1 Å². The number of carbonyl (C=O) groups is 2. The average molecular weight is 482 g/mol. The van der Waals surface area contributed by atoms with Crippen LogP contribution in [0.1, 0.15) is 23.5 Å². The maximum Gasteiger partial charge on any atom is 0.309 e. The normalized spacial score (nSPS) is 16.0. The van der Waals surface area contributed by atoms with E-state index in [1.165, 1.54) is 6.07 Å². The SMILES string of the molecule is C[C@@H](NC(=O)C(=O)NCc1ccccn1)[C@H](c1cccs1)N1CCN(c2ccccc2F)CC1. The second kappa shape index (κ2) is 11.2. The summed E-state index contributed by atoms with van der Waals surface area (Å²) in [5, 5.41) is 7.50. The molecule has 7 nitrogen and oxygen atoms in total. The summed E-state index contributed by atoms with van der Waals surface area (Å²) in [5.74, 6) is -1.58. The van der Waals surface area contributed by atoms with Gasteiger partial charge >= 0.3 is 11.8 Å². The third-order valence-corrected chi connectivity index (χ3v) is 6.87. The van der Waals surface area contributed by atoms with Crippen molar-refractivity contribution in [2.45, 2.75) is 25.6 Å². The number of hydrogen-bond donors (Lipinski definition) is 2. The summed E-state index contributed by atoms with van der Waals surface area (Å²) in [5.41, 5.74) is 1.29. The lowest BCUT2D eigenvalue weighted by Crippen LogP contribution is -2.53. The standard InChI is InChI=1S/C25H28FN5O2S/c1-18(29-25(33)24(32)28-17-19-7-4-5-11-27-19)23(22-10-6-16-34-22)31-14-12-30(13-15-31)21-9-3-2-8-20(21)26/h2-11,16,18,23H,12-15,17H2,1H3,(H,28,32)(H,29,33)/t18-,23-/m1/s1. The zero-order valence-electron chi connectivity index (χ0n) is 19.0. The molecule has 34 heavy (non-hydrogen) atoms. The highest BCUT2D eigenvalue weighted by molar-refractivity contribution is 7.10. The number of benzene rings is 1. The van der Waals surface area contributed by atoms with E-state index in [2.05, 4.69) is 20.5 Å². The minimum atomic E-state index is -0.688. The van der Waals surface area contributed by atoms with Gasteiger partial charge in [-0.1, -0.05) is 24.3 Å². The second-order valence-corrected chi connectivity index (χ2v) is 9.18. The minimum absolute atomic E-state index is 0.0877. The van der Waals surface area contributed by atoms with Crippen LogP contribution < -0.4 is 15.5 Å². The molecule has 3 heterocycles. The number of aromatic nitrogens is 1. The van der Waals surface area contributed by atoms with Crippen molar-refractivity contribution in [2.24, 2.45) is 0 Å². The number of para-hydroxylation sites is 1. The molecule has 1 aromatic carbocycles. The largest absolute Gasteiger partial charge is 0.367 e. The summed E-state index contributed by atoms with van der Waals surface area (Å²) in [6, 6.07) is 15.9. The highest BCUT2D eigenvalue weighted by atomic mass is 32.1. The first kappa shape index (κ1) is 23.8. The zero-order chi connectivity index (χ0) is 23.9. The van der Waals surface area contributed by atoms with E-state index in [9.17, 15) is 14.0 Å². The van der Waals surface area contributed by atoms with Crippen molar-refractivity contribution in [3.05, 3.63) is 82.6 Å². The van der Waals surface area contributed by atoms with E-state index in [4.69, 9.17) is 0 Å². The summed E-state index contributed by atoms with van der Waals surface area (Å²) in [6.07, 6.45) is 1.64. The lowest BCUT2D eigenvalue weighted by Gasteiger charge is -2.42. The van der Waals surface area contributed by atoms with E-state index in [1.54, 1.807) is 41.8 Å². The number of nitrogens with zero attached hydrogens (tertiary/aromatic N) is 3. The molecule has 0 aliphatic carbocycles. The fourth-order valence-corrected chi connectivity index (χ4v) is 5.22. The van der Waals surface area contributed by atoms with Crippen LogP contribution in [0.5, 0.6) is 0 Å². The third kappa shape index (κ3) is 5.78. The van der Waals surface area contributed by atoms with Crippen LogP contribution in [0.25, 0.3) is 0 Å². The van der Waals surface area contributed by atoms with Crippen molar-refractivity contribution in [1.82, 2.24) is 20.5 Å². The summed E-state index contributed by atoms with van der Waals surface area (Å²) < 4.78 is 14.2. The van der Waals surface area contributed by atoms with Crippen molar-refractivity contribution in [1.29, 1.82) is 0 Å². The molecule has 0 unspecified atom stereocenters. The summed E-state index contributed by atoms with van der Waals surface area (Å²) in [7, 11) is 0. The first-order valence-electron chi connectivity index (χ1n) is 11.3. The summed E-state index contributed by atoms with van der Waals surface area (Å²) in [6.45, 7) is 4.87. The maximum atomic E-state index is 14.2. The lowest BCUT2D eigenvalue weighted by atomic mass is 10.0. The zero-order valence-corrected chi connectivity index (χ0v) is 19.8. The Bertz CT molecular complexity index is 1090. The fourth-order valence-electron chi connectivity index (χ4n) is 4.26. The molecular weight excluding hydrogens is 453 g/mol. The van der Waals surface area contributed by atoms with E-state index in [0.717, 1.165) is 4.88 Å². The van der Waals surface area contributed by atoms with Crippen LogP contribution in [-0.4, -0.2) is 53.9 Å². The molecule has 0 saturated carbocycles. The molecule has 1 fully saturated rings. The van der Waals surface area contributed by atoms with Gasteiger partial charge in [-0.3, -0.25) is 19.5 Å². The van der Waals surface area contributed by atoms with Crippen LogP contribution >= 0.6 is 11.3 Å². The van der Waals surface area contributed by atoms with Gasteiger partial charge in [0.25, 0.3) is 0 Å². The van der Waals surface area contributed by atoms with Crippen LogP contribution in [0.3, 0.4) is 0 Å². The number of amides is 2. The van der Waals surface area contributed by atoms with E-state index >= 15 is 0 Å². The van der Waals surface area contributed by atoms with Gasteiger partial charge in [0.1, 0.15) is 5.82 Å². The van der Waals surface area contributed by atoms with Crippen LogP contribution in [0, 0.1) is 5.82 Å². The first-order chi connectivity index (χ1) is 16.5. The summed E-state index contributed by atoms with van der Waals surface area (Å²) >= 11 is 1.62. The smallest absolute Gasteiger partial charge is 0.309 e. The van der Waals surface area contributed by atoms with E-state index in [-0.39, 0.29) is 24.4 Å². The average Bonchev–Trinajstić information content (AvgIpc) is 3.38. The fraction of sp³-hybridized carbons (Fsp3) is 0.320. The Morgan fingerprint density at radius 2 is 1.79 bits per heavy atom. The number of nitrogens with one attached hydrogen (secondary N) is 2. The van der Waals surface area contributed by atoms with Gasteiger partial charge in [-0.25, -0.2) is 4.39 Å². The predicted molar refractivity (Wildman–Crippen MR) is 131 cm³/mol. The molecule has 0 radical (unpaired) electrons. The van der Waals surface area contributed by atoms with Gasteiger partial charge < -0.3 is 15.5 Å². The molecule has 1 saturated heterocycles.